The molecule has 1 atom stereocenters. The van der Waals surface area contributed by atoms with Crippen molar-refractivity contribution < 1.29 is 17.6 Å². The van der Waals surface area contributed by atoms with Gasteiger partial charge in [0.1, 0.15) is 10.0 Å². The highest BCUT2D eigenvalue weighted by Gasteiger charge is 2.40. The molecule has 1 aromatic heterocycles. The molecule has 2 aliphatic rings. The first-order valence-electron chi connectivity index (χ1n) is 10.1. The maximum Gasteiger partial charge on any atom is 0.252 e. The van der Waals surface area contributed by atoms with E-state index >= 15 is 0 Å². The Morgan fingerprint density at radius 2 is 2.03 bits per heavy atom. The minimum atomic E-state index is -3.61. The van der Waals surface area contributed by atoms with Gasteiger partial charge in [0.2, 0.25) is 5.91 Å². The molecule has 4 rings (SSSR count). The number of nitrogens with zero attached hydrogens (tertiary/aromatic N) is 2. The number of thiophene rings is 1. The van der Waals surface area contributed by atoms with Crippen LogP contribution in [0.25, 0.3) is 0 Å². The molecular weight excluding hydrogens is 447 g/mol. The van der Waals surface area contributed by atoms with E-state index in [4.69, 9.17) is 11.6 Å². The zero-order valence-electron chi connectivity index (χ0n) is 16.7. The summed E-state index contributed by atoms with van der Waals surface area (Å²) in [5, 5.41) is 0.300. The number of carbonyl (C=O) groups is 1. The molecule has 1 amide bonds. The lowest BCUT2D eigenvalue weighted by atomic mass is 9.97. The molecule has 5 nitrogen and oxygen atoms in total. The van der Waals surface area contributed by atoms with Gasteiger partial charge in [0.25, 0.3) is 10.0 Å². The van der Waals surface area contributed by atoms with E-state index in [9.17, 15) is 17.6 Å². The van der Waals surface area contributed by atoms with Crippen LogP contribution >= 0.6 is 22.9 Å². The van der Waals surface area contributed by atoms with Gasteiger partial charge >= 0.3 is 0 Å². The molecule has 0 bridgehead atoms. The summed E-state index contributed by atoms with van der Waals surface area (Å²) in [5.74, 6) is -0.971. The molecule has 9 heteroatoms. The SMILES string of the molecule is Cc1ccc(S(=O)(=O)N2CCCC(C(=O)N(Cc3c(F)cccc3Cl)C3CC3)C2)s1. The predicted molar refractivity (Wildman–Crippen MR) is 116 cm³/mol. The van der Waals surface area contributed by atoms with Crippen LogP contribution in [0.4, 0.5) is 4.39 Å². The van der Waals surface area contributed by atoms with Crippen molar-refractivity contribution in [3.8, 4) is 0 Å². The molecule has 0 radical (unpaired) electrons. The van der Waals surface area contributed by atoms with E-state index < -0.39 is 21.8 Å². The second-order valence-electron chi connectivity index (χ2n) is 7.96. The van der Waals surface area contributed by atoms with E-state index in [1.54, 1.807) is 29.2 Å². The number of benzene rings is 1. The van der Waals surface area contributed by atoms with Crippen LogP contribution in [0.1, 0.15) is 36.1 Å². The molecule has 162 valence electrons. The molecule has 1 aromatic carbocycles. The lowest BCUT2D eigenvalue weighted by molar-refractivity contribution is -0.138. The highest BCUT2D eigenvalue weighted by Crippen LogP contribution is 2.34. The molecule has 2 fully saturated rings. The summed E-state index contributed by atoms with van der Waals surface area (Å²) in [6.45, 7) is 2.55. The Labute approximate surface area is 185 Å². The third kappa shape index (κ3) is 4.42. The van der Waals surface area contributed by atoms with Crippen molar-refractivity contribution in [1.29, 1.82) is 0 Å². The maximum absolute atomic E-state index is 14.3. The van der Waals surface area contributed by atoms with E-state index in [-0.39, 0.29) is 25.0 Å². The van der Waals surface area contributed by atoms with Crippen molar-refractivity contribution in [3.63, 3.8) is 0 Å². The number of hydrogen-bond acceptors (Lipinski definition) is 4. The average molecular weight is 471 g/mol. The third-order valence-corrected chi connectivity index (χ3v) is 9.39. The van der Waals surface area contributed by atoms with Crippen molar-refractivity contribution in [2.24, 2.45) is 5.92 Å². The average Bonchev–Trinajstić information content (AvgIpc) is 3.46. The summed E-state index contributed by atoms with van der Waals surface area (Å²) in [6, 6.07) is 7.98. The number of piperidine rings is 1. The molecule has 0 N–H and O–H groups in total. The number of aryl methyl sites for hydroxylation is 1. The van der Waals surface area contributed by atoms with Gasteiger partial charge in [-0.1, -0.05) is 17.7 Å². The number of carbonyl (C=O) groups excluding carboxylic acids is 1. The fourth-order valence-corrected chi connectivity index (χ4v) is 7.09. The van der Waals surface area contributed by atoms with Crippen LogP contribution in [0.5, 0.6) is 0 Å². The Bertz CT molecular complexity index is 1030. The number of rotatable bonds is 6. The zero-order chi connectivity index (χ0) is 21.5. The molecule has 1 unspecified atom stereocenters. The van der Waals surface area contributed by atoms with Gasteiger partial charge in [0.15, 0.2) is 0 Å². The molecule has 30 heavy (non-hydrogen) atoms. The summed E-state index contributed by atoms with van der Waals surface area (Å²) >= 11 is 7.42. The van der Waals surface area contributed by atoms with Crippen LogP contribution in [-0.2, 0) is 21.4 Å². The molecule has 1 aliphatic heterocycles. The number of halogens is 2. The largest absolute Gasteiger partial charge is 0.335 e. The predicted octanol–water partition coefficient (Wildman–Crippen LogP) is 4.44. The van der Waals surface area contributed by atoms with Crippen LogP contribution in [0.2, 0.25) is 5.02 Å². The normalized spacial score (nSPS) is 20.3. The summed E-state index contributed by atoms with van der Waals surface area (Å²) in [6.07, 6.45) is 3.00. The Morgan fingerprint density at radius 3 is 2.67 bits per heavy atom. The molecule has 0 spiro atoms. The Balaban J connectivity index is 1.52. The summed E-state index contributed by atoms with van der Waals surface area (Å²) in [4.78, 5) is 16.0. The van der Waals surface area contributed by atoms with Crippen LogP contribution in [0.15, 0.2) is 34.5 Å². The summed E-state index contributed by atoms with van der Waals surface area (Å²) < 4.78 is 42.1. The van der Waals surface area contributed by atoms with Crippen LogP contribution in [0, 0.1) is 18.7 Å². The zero-order valence-corrected chi connectivity index (χ0v) is 19.1. The second kappa shape index (κ2) is 8.57. The third-order valence-electron chi connectivity index (χ3n) is 5.70. The molecular formula is C21H24ClFN2O3S2. The van der Waals surface area contributed by atoms with Gasteiger partial charge in [-0.3, -0.25) is 4.79 Å². The smallest absolute Gasteiger partial charge is 0.252 e. The van der Waals surface area contributed by atoms with E-state index in [0.717, 1.165) is 17.7 Å². The fourth-order valence-electron chi connectivity index (χ4n) is 3.90. The van der Waals surface area contributed by atoms with Gasteiger partial charge in [0.05, 0.1) is 12.5 Å². The van der Waals surface area contributed by atoms with Gasteiger partial charge in [0, 0.05) is 34.6 Å². The van der Waals surface area contributed by atoms with Crippen molar-refractivity contribution in [1.82, 2.24) is 9.21 Å². The quantitative estimate of drug-likeness (QED) is 0.627. The topological polar surface area (TPSA) is 57.7 Å². The van der Waals surface area contributed by atoms with Crippen molar-refractivity contribution >= 4 is 38.9 Å². The standard InChI is InChI=1S/C21H24ClFN2O3S2/c1-14-7-10-20(29-14)30(27,28)24-11-3-4-15(12-24)21(26)25(16-8-9-16)13-17-18(22)5-2-6-19(17)23/h2,5-7,10,15-16H,3-4,8-9,11-13H2,1H3. The lowest BCUT2D eigenvalue weighted by Gasteiger charge is -2.34. The first kappa shape index (κ1) is 21.7. The van der Waals surface area contributed by atoms with E-state index in [0.29, 0.717) is 34.2 Å². The Morgan fingerprint density at radius 1 is 1.27 bits per heavy atom. The fraction of sp³-hybridized carbons (Fsp3) is 0.476. The maximum atomic E-state index is 14.3. The van der Waals surface area contributed by atoms with Gasteiger partial charge in [-0.15, -0.1) is 11.3 Å². The van der Waals surface area contributed by atoms with Crippen molar-refractivity contribution in [2.45, 2.75) is 49.4 Å². The molecule has 1 saturated carbocycles. The Kier molecular flexibility index (Phi) is 6.21. The first-order valence-corrected chi connectivity index (χ1v) is 12.7. The van der Waals surface area contributed by atoms with Crippen LogP contribution in [0.3, 0.4) is 0 Å². The number of hydrogen-bond donors (Lipinski definition) is 0. The van der Waals surface area contributed by atoms with Crippen molar-refractivity contribution in [3.05, 3.63) is 51.6 Å². The van der Waals surface area contributed by atoms with E-state index in [1.165, 1.54) is 21.7 Å². The van der Waals surface area contributed by atoms with E-state index in [1.807, 2.05) is 6.92 Å². The monoisotopic (exact) mass is 470 g/mol. The highest BCUT2D eigenvalue weighted by atomic mass is 35.5. The van der Waals surface area contributed by atoms with E-state index in [2.05, 4.69) is 0 Å². The summed E-state index contributed by atoms with van der Waals surface area (Å²) in [5.41, 5.74) is 0.314. The first-order chi connectivity index (χ1) is 14.3. The van der Waals surface area contributed by atoms with Gasteiger partial charge < -0.3 is 4.90 Å². The minimum Gasteiger partial charge on any atom is -0.335 e. The molecule has 1 aliphatic carbocycles. The summed E-state index contributed by atoms with van der Waals surface area (Å²) in [7, 11) is -3.61. The molecule has 1 saturated heterocycles. The van der Waals surface area contributed by atoms with Crippen LogP contribution in [-0.4, -0.2) is 42.7 Å². The highest BCUT2D eigenvalue weighted by molar-refractivity contribution is 7.91. The number of sulfonamides is 1. The number of amides is 1. The second-order valence-corrected chi connectivity index (χ2v) is 11.8. The van der Waals surface area contributed by atoms with Crippen molar-refractivity contribution in [2.75, 3.05) is 13.1 Å². The molecule has 2 heterocycles. The lowest BCUT2D eigenvalue weighted by Crippen LogP contribution is -2.47. The minimum absolute atomic E-state index is 0.0695. The van der Waals surface area contributed by atoms with Gasteiger partial charge in [-0.05, 0) is 56.9 Å². The van der Waals surface area contributed by atoms with Gasteiger partial charge in [-0.25, -0.2) is 12.8 Å². The van der Waals surface area contributed by atoms with Crippen LogP contribution < -0.4 is 0 Å². The molecule has 2 aromatic rings. The van der Waals surface area contributed by atoms with Gasteiger partial charge in [-0.2, -0.15) is 4.31 Å². The Hall–Kier alpha value is -1.48.